The highest BCUT2D eigenvalue weighted by atomic mass is 19.4. The third-order valence-corrected chi connectivity index (χ3v) is 6.19. The Balaban J connectivity index is 1.71. The molecule has 0 bridgehead atoms. The van der Waals surface area contributed by atoms with Crippen molar-refractivity contribution in [3.63, 3.8) is 0 Å². The smallest absolute Gasteiger partial charge is 0.382 e. The number of hydrogen-bond donors (Lipinski definition) is 1. The van der Waals surface area contributed by atoms with Crippen LogP contribution in [0.15, 0.2) is 30.5 Å². The number of nitrogens with one attached hydrogen (secondary N) is 1. The molecule has 0 aliphatic carbocycles. The highest BCUT2D eigenvalue weighted by molar-refractivity contribution is 5.92. The van der Waals surface area contributed by atoms with Crippen LogP contribution in [-0.4, -0.2) is 54.7 Å². The van der Waals surface area contributed by atoms with Gasteiger partial charge in [-0.2, -0.15) is 18.3 Å². The van der Waals surface area contributed by atoms with Crippen molar-refractivity contribution in [1.29, 1.82) is 0 Å². The second-order valence-electron chi connectivity index (χ2n) is 8.48. The predicted octanol–water partition coefficient (Wildman–Crippen LogP) is 4.69. The van der Waals surface area contributed by atoms with Gasteiger partial charge in [0.05, 0.1) is 60.6 Å². The standard InChI is InChI=1S/C24H28F3N5O2/c1-14-19(6-5-7-21(14)24(25,26)27)15(2)29-23-20-10-17(11-28-22(20)16(3)30-31-23)32-8-9-34-13-18(32)12-33-4/h5-7,10-11,15,18H,8-9,12-13H2,1-4H3,(H,29,31)/t15-,18+/m1/s1. The topological polar surface area (TPSA) is 72.4 Å². The molecule has 1 fully saturated rings. The summed E-state index contributed by atoms with van der Waals surface area (Å²) in [5.74, 6) is 0.468. The molecule has 1 aromatic carbocycles. The van der Waals surface area contributed by atoms with Gasteiger partial charge in [0.1, 0.15) is 0 Å². The molecular formula is C24H28F3N5O2. The van der Waals surface area contributed by atoms with Crippen molar-refractivity contribution in [2.45, 2.75) is 39.0 Å². The second-order valence-corrected chi connectivity index (χ2v) is 8.48. The Kier molecular flexibility index (Phi) is 6.90. The first kappa shape index (κ1) is 24.2. The number of pyridine rings is 1. The Morgan fingerprint density at radius 2 is 2.06 bits per heavy atom. The van der Waals surface area contributed by atoms with E-state index < -0.39 is 17.8 Å². The molecule has 0 unspecified atom stereocenters. The fraction of sp³-hybridized carbons (Fsp3) is 0.458. The Morgan fingerprint density at radius 1 is 1.26 bits per heavy atom. The van der Waals surface area contributed by atoms with Gasteiger partial charge in [0.25, 0.3) is 0 Å². The van der Waals surface area contributed by atoms with E-state index in [2.05, 4.69) is 25.4 Å². The van der Waals surface area contributed by atoms with Crippen molar-refractivity contribution < 1.29 is 22.6 Å². The van der Waals surface area contributed by atoms with Gasteiger partial charge in [-0.25, -0.2) is 0 Å². The minimum Gasteiger partial charge on any atom is -0.382 e. The van der Waals surface area contributed by atoms with E-state index in [4.69, 9.17) is 9.47 Å². The van der Waals surface area contributed by atoms with Crippen LogP contribution in [0.4, 0.5) is 24.7 Å². The lowest BCUT2D eigenvalue weighted by molar-refractivity contribution is -0.138. The second kappa shape index (κ2) is 9.71. The molecule has 3 aromatic rings. The third kappa shape index (κ3) is 4.78. The quantitative estimate of drug-likeness (QED) is 0.555. The molecule has 10 heteroatoms. The predicted molar refractivity (Wildman–Crippen MR) is 124 cm³/mol. The van der Waals surface area contributed by atoms with Crippen LogP contribution in [0.2, 0.25) is 0 Å². The van der Waals surface area contributed by atoms with Gasteiger partial charge in [0.2, 0.25) is 0 Å². The lowest BCUT2D eigenvalue weighted by Gasteiger charge is -2.36. The molecule has 0 spiro atoms. The number of halogens is 3. The molecule has 0 saturated carbocycles. The van der Waals surface area contributed by atoms with Gasteiger partial charge in [-0.3, -0.25) is 4.98 Å². The van der Waals surface area contributed by atoms with Gasteiger partial charge in [-0.05, 0) is 44.0 Å². The van der Waals surface area contributed by atoms with Crippen molar-refractivity contribution in [3.8, 4) is 0 Å². The van der Waals surface area contributed by atoms with Gasteiger partial charge in [-0.1, -0.05) is 12.1 Å². The van der Waals surface area contributed by atoms with E-state index in [1.54, 1.807) is 19.4 Å². The number of aromatic nitrogens is 3. The number of hydrogen-bond acceptors (Lipinski definition) is 7. The van der Waals surface area contributed by atoms with Crippen molar-refractivity contribution in [2.24, 2.45) is 0 Å². The summed E-state index contributed by atoms with van der Waals surface area (Å²) in [4.78, 5) is 6.83. The summed E-state index contributed by atoms with van der Waals surface area (Å²) in [6.45, 7) is 7.49. The molecule has 34 heavy (non-hydrogen) atoms. The van der Waals surface area contributed by atoms with Crippen molar-refractivity contribution in [3.05, 3.63) is 52.8 Å². The normalized spacial score (nSPS) is 17.7. The number of ether oxygens (including phenoxy) is 2. The lowest BCUT2D eigenvalue weighted by atomic mass is 9.97. The molecule has 2 atom stereocenters. The first-order chi connectivity index (χ1) is 16.2. The number of anilines is 2. The fourth-order valence-corrected chi connectivity index (χ4v) is 4.45. The Morgan fingerprint density at radius 3 is 2.79 bits per heavy atom. The van der Waals surface area contributed by atoms with Crippen LogP contribution in [0.1, 0.15) is 35.3 Å². The van der Waals surface area contributed by atoms with Crippen LogP contribution in [-0.2, 0) is 15.7 Å². The van der Waals surface area contributed by atoms with Gasteiger partial charge in [0, 0.05) is 19.0 Å². The largest absolute Gasteiger partial charge is 0.416 e. The van der Waals surface area contributed by atoms with E-state index in [1.807, 2.05) is 19.9 Å². The van der Waals surface area contributed by atoms with Crippen LogP contribution >= 0.6 is 0 Å². The fourth-order valence-electron chi connectivity index (χ4n) is 4.45. The average Bonchev–Trinajstić information content (AvgIpc) is 2.80. The highest BCUT2D eigenvalue weighted by Crippen LogP contribution is 2.36. The molecular weight excluding hydrogens is 447 g/mol. The Hall–Kier alpha value is -2.98. The maximum atomic E-state index is 13.4. The number of fused-ring (bicyclic) bond motifs is 1. The van der Waals surface area contributed by atoms with E-state index in [-0.39, 0.29) is 11.6 Å². The van der Waals surface area contributed by atoms with Crippen molar-refractivity contribution in [2.75, 3.05) is 43.7 Å². The van der Waals surface area contributed by atoms with Crippen LogP contribution in [0, 0.1) is 13.8 Å². The van der Waals surface area contributed by atoms with E-state index in [9.17, 15) is 13.2 Å². The maximum Gasteiger partial charge on any atom is 0.416 e. The first-order valence-electron chi connectivity index (χ1n) is 11.1. The number of rotatable bonds is 6. The lowest BCUT2D eigenvalue weighted by Crippen LogP contribution is -2.48. The zero-order valence-corrected chi connectivity index (χ0v) is 19.6. The molecule has 3 heterocycles. The summed E-state index contributed by atoms with van der Waals surface area (Å²) in [7, 11) is 1.66. The number of methoxy groups -OCH3 is 1. The minimum atomic E-state index is -4.41. The molecule has 0 amide bonds. The first-order valence-corrected chi connectivity index (χ1v) is 11.1. The molecule has 1 saturated heterocycles. The van der Waals surface area contributed by atoms with E-state index in [1.165, 1.54) is 13.0 Å². The average molecular weight is 476 g/mol. The van der Waals surface area contributed by atoms with E-state index >= 15 is 0 Å². The Bertz CT molecular complexity index is 1170. The number of aryl methyl sites for hydroxylation is 1. The maximum absolute atomic E-state index is 13.4. The summed E-state index contributed by atoms with van der Waals surface area (Å²) >= 11 is 0. The van der Waals surface area contributed by atoms with Gasteiger partial charge < -0.3 is 19.7 Å². The summed E-state index contributed by atoms with van der Waals surface area (Å²) < 4.78 is 51.2. The summed E-state index contributed by atoms with van der Waals surface area (Å²) in [5, 5.41) is 12.6. The summed E-state index contributed by atoms with van der Waals surface area (Å²) in [6, 6.07) is 5.83. The van der Waals surface area contributed by atoms with Crippen LogP contribution < -0.4 is 10.2 Å². The van der Waals surface area contributed by atoms with Gasteiger partial charge in [0.15, 0.2) is 5.82 Å². The van der Waals surface area contributed by atoms with Crippen molar-refractivity contribution >= 4 is 22.4 Å². The molecule has 1 aliphatic heterocycles. The number of benzene rings is 1. The van der Waals surface area contributed by atoms with Crippen LogP contribution in [0.25, 0.3) is 10.9 Å². The molecule has 182 valence electrons. The summed E-state index contributed by atoms with van der Waals surface area (Å²) in [5.41, 5.74) is 2.35. The number of alkyl halides is 3. The highest BCUT2D eigenvalue weighted by Gasteiger charge is 2.33. The monoisotopic (exact) mass is 475 g/mol. The van der Waals surface area contributed by atoms with Gasteiger partial charge >= 0.3 is 6.18 Å². The molecule has 7 nitrogen and oxygen atoms in total. The zero-order valence-electron chi connectivity index (χ0n) is 19.6. The van der Waals surface area contributed by atoms with Crippen LogP contribution in [0.3, 0.4) is 0 Å². The molecule has 0 radical (unpaired) electrons. The molecule has 1 aliphatic rings. The van der Waals surface area contributed by atoms with E-state index in [0.29, 0.717) is 49.0 Å². The van der Waals surface area contributed by atoms with Crippen molar-refractivity contribution in [1.82, 2.24) is 15.2 Å². The third-order valence-electron chi connectivity index (χ3n) is 6.19. The SMILES string of the molecule is COC[C@H]1COCCN1c1cnc2c(C)nnc(N[C@H](C)c3cccc(C(F)(F)F)c3C)c2c1. The molecule has 2 aromatic heterocycles. The number of nitrogens with zero attached hydrogens (tertiary/aromatic N) is 4. The Labute approximate surface area is 196 Å². The minimum absolute atomic E-state index is 0.0528. The number of morpholine rings is 1. The van der Waals surface area contributed by atoms with E-state index in [0.717, 1.165) is 17.1 Å². The molecule has 1 N–H and O–H groups in total. The zero-order chi connectivity index (χ0) is 24.5. The van der Waals surface area contributed by atoms with Crippen LogP contribution in [0.5, 0.6) is 0 Å². The van der Waals surface area contributed by atoms with Gasteiger partial charge in [-0.15, -0.1) is 5.10 Å². The summed E-state index contributed by atoms with van der Waals surface area (Å²) in [6.07, 6.45) is -2.61. The molecule has 4 rings (SSSR count).